The minimum absolute atomic E-state index is 0.00304. The summed E-state index contributed by atoms with van der Waals surface area (Å²) in [6.07, 6.45) is 4.96. The molecule has 3 fully saturated rings. The molecular formula is C21H40N6O. The highest BCUT2D eigenvalue weighted by molar-refractivity contribution is 5.82. The molecule has 0 saturated carbocycles. The zero-order chi connectivity index (χ0) is 19.9. The van der Waals surface area contributed by atoms with Crippen molar-refractivity contribution in [2.75, 3.05) is 72.5 Å². The molecule has 0 aliphatic carbocycles. The maximum absolute atomic E-state index is 12.7. The molecule has 160 valence electrons. The standard InChI is InChI=1S/C21H40N6O/c1-18-6-11-24(12-7-18)13-8-23-21(22-3)27-16-14-25(15-17-27)19(2)20(28)26-9-4-5-10-26/h18-19H,4-17H2,1-3H3,(H,22,23). The van der Waals surface area contributed by atoms with Crippen molar-refractivity contribution >= 4 is 11.9 Å². The number of nitrogens with one attached hydrogen (secondary N) is 1. The van der Waals surface area contributed by atoms with Crippen LogP contribution in [0.25, 0.3) is 0 Å². The van der Waals surface area contributed by atoms with Gasteiger partial charge in [0.15, 0.2) is 5.96 Å². The van der Waals surface area contributed by atoms with Gasteiger partial charge in [-0.05, 0) is 51.6 Å². The summed E-state index contributed by atoms with van der Waals surface area (Å²) < 4.78 is 0. The molecule has 3 saturated heterocycles. The summed E-state index contributed by atoms with van der Waals surface area (Å²) in [4.78, 5) is 26.4. The first-order valence-electron chi connectivity index (χ1n) is 11.3. The van der Waals surface area contributed by atoms with Crippen LogP contribution in [0.3, 0.4) is 0 Å². The molecule has 0 aromatic heterocycles. The summed E-state index contributed by atoms with van der Waals surface area (Å²) >= 11 is 0. The minimum Gasteiger partial charge on any atom is -0.355 e. The van der Waals surface area contributed by atoms with Gasteiger partial charge in [0.2, 0.25) is 5.91 Å². The summed E-state index contributed by atoms with van der Waals surface area (Å²) in [7, 11) is 1.87. The number of piperidine rings is 1. The zero-order valence-electron chi connectivity index (χ0n) is 18.2. The van der Waals surface area contributed by atoms with Crippen LogP contribution >= 0.6 is 0 Å². The number of nitrogens with zero attached hydrogens (tertiary/aromatic N) is 5. The molecule has 7 nitrogen and oxygen atoms in total. The minimum atomic E-state index is -0.00304. The average molecular weight is 393 g/mol. The topological polar surface area (TPSA) is 54.4 Å². The molecule has 3 aliphatic heterocycles. The van der Waals surface area contributed by atoms with Crippen molar-refractivity contribution in [2.24, 2.45) is 10.9 Å². The maximum atomic E-state index is 12.7. The number of carbonyl (C=O) groups excluding carboxylic acids is 1. The van der Waals surface area contributed by atoms with Crippen LogP contribution in [0.1, 0.15) is 39.5 Å². The molecule has 3 aliphatic rings. The summed E-state index contributed by atoms with van der Waals surface area (Å²) in [6.45, 7) is 14.5. The third-order valence-corrected chi connectivity index (χ3v) is 6.74. The fraction of sp³-hybridized carbons (Fsp3) is 0.905. The molecule has 3 heterocycles. The van der Waals surface area contributed by atoms with Crippen LogP contribution in [0.15, 0.2) is 4.99 Å². The van der Waals surface area contributed by atoms with E-state index >= 15 is 0 Å². The highest BCUT2D eigenvalue weighted by atomic mass is 16.2. The van der Waals surface area contributed by atoms with Gasteiger partial charge in [0.05, 0.1) is 6.04 Å². The first-order chi connectivity index (χ1) is 13.6. The largest absolute Gasteiger partial charge is 0.355 e. The van der Waals surface area contributed by atoms with Crippen molar-refractivity contribution in [3.63, 3.8) is 0 Å². The third kappa shape index (κ3) is 5.60. The average Bonchev–Trinajstić information content (AvgIpc) is 3.26. The Bertz CT molecular complexity index is 517. The Labute approximate surface area is 171 Å². The number of amides is 1. The van der Waals surface area contributed by atoms with Crippen molar-refractivity contribution in [1.29, 1.82) is 0 Å². The molecule has 0 bridgehead atoms. The highest BCUT2D eigenvalue weighted by Crippen LogP contribution is 2.16. The molecule has 1 atom stereocenters. The van der Waals surface area contributed by atoms with Crippen LogP contribution in [-0.2, 0) is 4.79 Å². The Morgan fingerprint density at radius 1 is 1.00 bits per heavy atom. The van der Waals surface area contributed by atoms with Crippen molar-refractivity contribution < 1.29 is 4.79 Å². The van der Waals surface area contributed by atoms with Crippen LogP contribution in [0.5, 0.6) is 0 Å². The van der Waals surface area contributed by atoms with Gasteiger partial charge in [-0.15, -0.1) is 0 Å². The number of hydrogen-bond donors (Lipinski definition) is 1. The lowest BCUT2D eigenvalue weighted by Gasteiger charge is -2.39. The number of carbonyl (C=O) groups is 1. The van der Waals surface area contributed by atoms with Gasteiger partial charge in [-0.3, -0.25) is 14.7 Å². The number of piperazine rings is 1. The zero-order valence-corrected chi connectivity index (χ0v) is 18.2. The smallest absolute Gasteiger partial charge is 0.239 e. The molecule has 0 aromatic carbocycles. The monoisotopic (exact) mass is 392 g/mol. The molecule has 1 unspecified atom stereocenters. The SMILES string of the molecule is CN=C(NCCN1CCC(C)CC1)N1CCN(C(C)C(=O)N2CCCC2)CC1. The van der Waals surface area contributed by atoms with Gasteiger partial charge in [-0.25, -0.2) is 0 Å². The Kier molecular flexibility index (Phi) is 7.97. The lowest BCUT2D eigenvalue weighted by Crippen LogP contribution is -2.57. The molecule has 0 radical (unpaired) electrons. The normalized spacial score (nSPS) is 24.6. The first-order valence-corrected chi connectivity index (χ1v) is 11.3. The van der Waals surface area contributed by atoms with E-state index in [-0.39, 0.29) is 6.04 Å². The van der Waals surface area contributed by atoms with E-state index in [4.69, 9.17) is 0 Å². The van der Waals surface area contributed by atoms with Crippen LogP contribution in [0.2, 0.25) is 0 Å². The fourth-order valence-corrected chi connectivity index (χ4v) is 4.62. The lowest BCUT2D eigenvalue weighted by atomic mass is 9.99. The number of hydrogen-bond acceptors (Lipinski definition) is 4. The van der Waals surface area contributed by atoms with Crippen molar-refractivity contribution in [2.45, 2.75) is 45.6 Å². The summed E-state index contributed by atoms with van der Waals surface area (Å²) in [5, 5.41) is 3.55. The lowest BCUT2D eigenvalue weighted by molar-refractivity contribution is -0.135. The Morgan fingerprint density at radius 3 is 2.25 bits per heavy atom. The van der Waals surface area contributed by atoms with Crippen LogP contribution in [-0.4, -0.2) is 110 Å². The van der Waals surface area contributed by atoms with E-state index in [9.17, 15) is 4.79 Å². The number of rotatable bonds is 5. The third-order valence-electron chi connectivity index (χ3n) is 6.74. The van der Waals surface area contributed by atoms with Gasteiger partial charge < -0.3 is 20.0 Å². The van der Waals surface area contributed by atoms with Gasteiger partial charge in [0.25, 0.3) is 0 Å². The predicted molar refractivity (Wildman–Crippen MR) is 115 cm³/mol. The van der Waals surface area contributed by atoms with Gasteiger partial charge in [0, 0.05) is 59.4 Å². The van der Waals surface area contributed by atoms with E-state index in [2.05, 4.69) is 38.9 Å². The molecule has 1 N–H and O–H groups in total. The summed E-state index contributed by atoms with van der Waals surface area (Å²) in [6, 6.07) is -0.00304. The van der Waals surface area contributed by atoms with Crippen molar-refractivity contribution in [1.82, 2.24) is 24.9 Å². The quantitative estimate of drug-likeness (QED) is 0.557. The molecular weight excluding hydrogens is 352 g/mol. The fourth-order valence-electron chi connectivity index (χ4n) is 4.62. The maximum Gasteiger partial charge on any atom is 0.239 e. The van der Waals surface area contributed by atoms with E-state index in [1.165, 1.54) is 25.9 Å². The Hall–Kier alpha value is -1.34. The summed E-state index contributed by atoms with van der Waals surface area (Å²) in [5.74, 6) is 2.20. The van der Waals surface area contributed by atoms with Crippen LogP contribution in [0.4, 0.5) is 0 Å². The van der Waals surface area contributed by atoms with Gasteiger partial charge in [-0.1, -0.05) is 6.92 Å². The number of aliphatic imine (C=N–C) groups is 1. The predicted octanol–water partition coefficient (Wildman–Crippen LogP) is 0.922. The van der Waals surface area contributed by atoms with Crippen LogP contribution < -0.4 is 5.32 Å². The number of guanidine groups is 1. The molecule has 3 rings (SSSR count). The van der Waals surface area contributed by atoms with E-state index < -0.39 is 0 Å². The Balaban J connectivity index is 1.38. The second-order valence-corrected chi connectivity index (χ2v) is 8.73. The van der Waals surface area contributed by atoms with Gasteiger partial charge in [-0.2, -0.15) is 0 Å². The molecule has 7 heteroatoms. The van der Waals surface area contributed by atoms with E-state index in [1.54, 1.807) is 0 Å². The first kappa shape index (κ1) is 21.4. The van der Waals surface area contributed by atoms with Crippen molar-refractivity contribution in [3.8, 4) is 0 Å². The van der Waals surface area contributed by atoms with Crippen LogP contribution in [0, 0.1) is 5.92 Å². The summed E-state index contributed by atoms with van der Waals surface area (Å²) in [5.41, 5.74) is 0. The molecule has 28 heavy (non-hydrogen) atoms. The molecule has 0 spiro atoms. The van der Waals surface area contributed by atoms with Gasteiger partial charge in [0.1, 0.15) is 0 Å². The van der Waals surface area contributed by atoms with E-state index in [0.29, 0.717) is 5.91 Å². The molecule has 1 amide bonds. The Morgan fingerprint density at radius 2 is 1.64 bits per heavy atom. The second-order valence-electron chi connectivity index (χ2n) is 8.73. The number of likely N-dealkylation sites (tertiary alicyclic amines) is 2. The molecule has 0 aromatic rings. The van der Waals surface area contributed by atoms with E-state index in [0.717, 1.165) is 77.1 Å². The highest BCUT2D eigenvalue weighted by Gasteiger charge is 2.30. The van der Waals surface area contributed by atoms with Gasteiger partial charge >= 0.3 is 0 Å². The van der Waals surface area contributed by atoms with Crippen molar-refractivity contribution in [3.05, 3.63) is 0 Å². The van der Waals surface area contributed by atoms with E-state index in [1.807, 2.05) is 11.9 Å². The second kappa shape index (κ2) is 10.4.